The van der Waals surface area contributed by atoms with Crippen LogP contribution in [0.4, 0.5) is 4.79 Å². The number of esters is 1. The fraction of sp³-hybridized carbons (Fsp3) is 0.444. The van der Waals surface area contributed by atoms with E-state index < -0.39 is 17.8 Å². The van der Waals surface area contributed by atoms with E-state index in [4.69, 9.17) is 9.47 Å². The number of ether oxygens (including phenoxy) is 2. The molecule has 0 saturated carbocycles. The number of hydrogen-bond donors (Lipinski definition) is 1. The van der Waals surface area contributed by atoms with Crippen molar-refractivity contribution in [3.63, 3.8) is 0 Å². The number of alkyl carbamates (subject to hydrolysis) is 1. The Kier molecular flexibility index (Phi) is 5.42. The summed E-state index contributed by atoms with van der Waals surface area (Å²) in [5, 5.41) is 2.84. The molecule has 0 aromatic heterocycles. The second-order valence-corrected chi connectivity index (χ2v) is 6.56. The summed E-state index contributed by atoms with van der Waals surface area (Å²) < 4.78 is 10.7. The fourth-order valence-corrected chi connectivity index (χ4v) is 2.38. The number of hydrogen-bond acceptors (Lipinski definition) is 4. The predicted octanol–water partition coefficient (Wildman–Crippen LogP) is 2.99. The van der Waals surface area contributed by atoms with Crippen molar-refractivity contribution in [2.75, 3.05) is 0 Å². The van der Waals surface area contributed by atoms with Crippen LogP contribution in [0.3, 0.4) is 0 Å². The Labute approximate surface area is 136 Å². The molecule has 5 heteroatoms. The summed E-state index contributed by atoms with van der Waals surface area (Å²) >= 11 is 0. The summed E-state index contributed by atoms with van der Waals surface area (Å²) in [5.41, 5.74) is 0.476. The van der Waals surface area contributed by atoms with Crippen molar-refractivity contribution in [1.82, 2.24) is 5.32 Å². The summed E-state index contributed by atoms with van der Waals surface area (Å²) in [6.07, 6.45) is 3.39. The van der Waals surface area contributed by atoms with Crippen LogP contribution in [0, 0.1) is 0 Å². The third-order valence-electron chi connectivity index (χ3n) is 3.34. The molecule has 1 aromatic rings. The molecule has 0 aliphatic carbocycles. The standard InChI is InChI=1S/C18H23NO4/c1-18(2,3)23-17(21)19-14(12-13-8-5-4-6-9-13)15-10-7-11-16(20)22-15/h4-9,11,14-15H,10,12H2,1-3H3,(H,19,21)/t14?,15-/m0/s1. The van der Waals surface area contributed by atoms with E-state index >= 15 is 0 Å². The Bertz CT molecular complexity index is 574. The maximum absolute atomic E-state index is 12.1. The third kappa shape index (κ3) is 5.77. The van der Waals surface area contributed by atoms with Gasteiger partial charge in [-0.05, 0) is 32.8 Å². The first kappa shape index (κ1) is 17.1. The molecular formula is C18H23NO4. The minimum absolute atomic E-state index is 0.346. The highest BCUT2D eigenvalue weighted by molar-refractivity contribution is 5.83. The fourth-order valence-electron chi connectivity index (χ4n) is 2.38. The highest BCUT2D eigenvalue weighted by Crippen LogP contribution is 2.17. The second kappa shape index (κ2) is 7.31. The molecule has 2 rings (SSSR count). The Morgan fingerprint density at radius 3 is 2.65 bits per heavy atom. The number of amides is 1. The van der Waals surface area contributed by atoms with Gasteiger partial charge >= 0.3 is 12.1 Å². The van der Waals surface area contributed by atoms with Crippen LogP contribution in [-0.4, -0.2) is 29.8 Å². The van der Waals surface area contributed by atoms with Crippen LogP contribution in [-0.2, 0) is 20.7 Å². The molecule has 0 radical (unpaired) electrons. The molecule has 1 unspecified atom stereocenters. The number of benzene rings is 1. The Balaban J connectivity index is 2.09. The van der Waals surface area contributed by atoms with Gasteiger partial charge in [0.1, 0.15) is 11.7 Å². The van der Waals surface area contributed by atoms with E-state index in [2.05, 4.69) is 5.32 Å². The SMILES string of the molecule is CC(C)(C)OC(=O)NC(Cc1ccccc1)[C@@H]1CC=CC(=O)O1. The highest BCUT2D eigenvalue weighted by atomic mass is 16.6. The monoisotopic (exact) mass is 317 g/mol. The zero-order valence-electron chi connectivity index (χ0n) is 13.7. The van der Waals surface area contributed by atoms with Gasteiger partial charge in [0.25, 0.3) is 0 Å². The van der Waals surface area contributed by atoms with E-state index in [0.717, 1.165) is 5.56 Å². The lowest BCUT2D eigenvalue weighted by Gasteiger charge is -2.30. The zero-order valence-corrected chi connectivity index (χ0v) is 13.7. The average Bonchev–Trinajstić information content (AvgIpc) is 2.45. The summed E-state index contributed by atoms with van der Waals surface area (Å²) in [5.74, 6) is -0.384. The quantitative estimate of drug-likeness (QED) is 0.867. The van der Waals surface area contributed by atoms with Gasteiger partial charge in [0.2, 0.25) is 0 Å². The van der Waals surface area contributed by atoms with Crippen LogP contribution >= 0.6 is 0 Å². The lowest BCUT2D eigenvalue weighted by Crippen LogP contribution is -2.48. The van der Waals surface area contributed by atoms with E-state index in [0.29, 0.717) is 12.8 Å². The van der Waals surface area contributed by atoms with Crippen LogP contribution in [0.15, 0.2) is 42.5 Å². The van der Waals surface area contributed by atoms with E-state index in [-0.39, 0.29) is 12.0 Å². The van der Waals surface area contributed by atoms with Crippen molar-refractivity contribution < 1.29 is 19.1 Å². The summed E-state index contributed by atoms with van der Waals surface area (Å²) in [6, 6.07) is 9.41. The van der Waals surface area contributed by atoms with Gasteiger partial charge < -0.3 is 14.8 Å². The molecular weight excluding hydrogens is 294 g/mol. The van der Waals surface area contributed by atoms with Gasteiger partial charge in [0.15, 0.2) is 0 Å². The highest BCUT2D eigenvalue weighted by Gasteiger charge is 2.29. The number of carbonyl (C=O) groups is 2. The second-order valence-electron chi connectivity index (χ2n) is 6.56. The summed E-state index contributed by atoms with van der Waals surface area (Å²) in [4.78, 5) is 23.6. The van der Waals surface area contributed by atoms with Crippen molar-refractivity contribution in [3.05, 3.63) is 48.0 Å². The molecule has 0 bridgehead atoms. The Morgan fingerprint density at radius 2 is 2.04 bits per heavy atom. The molecule has 124 valence electrons. The van der Waals surface area contributed by atoms with E-state index in [1.807, 2.05) is 51.1 Å². The van der Waals surface area contributed by atoms with Gasteiger partial charge in [-0.15, -0.1) is 0 Å². The first-order valence-electron chi connectivity index (χ1n) is 7.74. The lowest BCUT2D eigenvalue weighted by molar-refractivity contribution is -0.145. The van der Waals surface area contributed by atoms with Crippen LogP contribution in [0.25, 0.3) is 0 Å². The first-order valence-corrected chi connectivity index (χ1v) is 7.74. The molecule has 0 fully saturated rings. The van der Waals surface area contributed by atoms with Crippen molar-refractivity contribution in [1.29, 1.82) is 0 Å². The predicted molar refractivity (Wildman–Crippen MR) is 86.9 cm³/mol. The minimum Gasteiger partial charge on any atom is -0.457 e. The zero-order chi connectivity index (χ0) is 16.9. The van der Waals surface area contributed by atoms with E-state index in [1.54, 1.807) is 6.08 Å². The number of nitrogens with one attached hydrogen (secondary N) is 1. The largest absolute Gasteiger partial charge is 0.457 e. The van der Waals surface area contributed by atoms with Crippen molar-refractivity contribution in [2.24, 2.45) is 0 Å². The van der Waals surface area contributed by atoms with E-state index in [9.17, 15) is 9.59 Å². The Morgan fingerprint density at radius 1 is 1.35 bits per heavy atom. The van der Waals surface area contributed by atoms with Gasteiger partial charge in [-0.25, -0.2) is 9.59 Å². The van der Waals surface area contributed by atoms with Crippen LogP contribution in [0.5, 0.6) is 0 Å². The summed E-state index contributed by atoms with van der Waals surface area (Å²) in [7, 11) is 0. The van der Waals surface area contributed by atoms with Gasteiger partial charge in [0, 0.05) is 12.5 Å². The van der Waals surface area contributed by atoms with Gasteiger partial charge in [0.05, 0.1) is 6.04 Å². The normalized spacial score (nSPS) is 18.9. The molecule has 0 saturated heterocycles. The number of rotatable bonds is 4. The molecule has 1 amide bonds. The van der Waals surface area contributed by atoms with Crippen molar-refractivity contribution in [2.45, 2.75) is 51.4 Å². The molecule has 5 nitrogen and oxygen atoms in total. The van der Waals surface area contributed by atoms with Crippen LogP contribution in [0.2, 0.25) is 0 Å². The molecule has 1 aliphatic rings. The molecule has 1 aliphatic heterocycles. The Hall–Kier alpha value is -2.30. The smallest absolute Gasteiger partial charge is 0.408 e. The number of carbonyl (C=O) groups excluding carboxylic acids is 2. The third-order valence-corrected chi connectivity index (χ3v) is 3.34. The van der Waals surface area contributed by atoms with Gasteiger partial charge in [-0.1, -0.05) is 36.4 Å². The van der Waals surface area contributed by atoms with Crippen LogP contribution < -0.4 is 5.32 Å². The minimum atomic E-state index is -0.579. The van der Waals surface area contributed by atoms with Crippen LogP contribution in [0.1, 0.15) is 32.8 Å². The van der Waals surface area contributed by atoms with Gasteiger partial charge in [-0.2, -0.15) is 0 Å². The molecule has 0 spiro atoms. The van der Waals surface area contributed by atoms with Crippen molar-refractivity contribution in [3.8, 4) is 0 Å². The molecule has 1 N–H and O–H groups in total. The summed E-state index contributed by atoms with van der Waals surface area (Å²) in [6.45, 7) is 5.42. The molecule has 23 heavy (non-hydrogen) atoms. The molecule has 2 atom stereocenters. The van der Waals surface area contributed by atoms with Gasteiger partial charge in [-0.3, -0.25) is 0 Å². The maximum atomic E-state index is 12.1. The van der Waals surface area contributed by atoms with E-state index in [1.165, 1.54) is 6.08 Å². The maximum Gasteiger partial charge on any atom is 0.408 e. The topological polar surface area (TPSA) is 64.6 Å². The lowest BCUT2D eigenvalue weighted by atomic mass is 9.98. The van der Waals surface area contributed by atoms with Crippen molar-refractivity contribution >= 4 is 12.1 Å². The number of cyclic esters (lactones) is 1. The molecule has 1 heterocycles. The first-order chi connectivity index (χ1) is 10.8. The average molecular weight is 317 g/mol. The molecule has 1 aromatic carbocycles.